The van der Waals surface area contributed by atoms with Gasteiger partial charge in [0.1, 0.15) is 6.54 Å². The molecule has 2 aromatic rings. The Balaban J connectivity index is 2.07. The van der Waals surface area contributed by atoms with Crippen LogP contribution in [0.2, 0.25) is 5.02 Å². The summed E-state index contributed by atoms with van der Waals surface area (Å²) in [4.78, 5) is 12.0. The molecule has 0 saturated heterocycles. The first-order chi connectivity index (χ1) is 8.95. The highest BCUT2D eigenvalue weighted by Gasteiger charge is 2.08. The topological polar surface area (TPSA) is 46.9 Å². The molecule has 5 heteroatoms. The Labute approximate surface area is 117 Å². The Kier molecular flexibility index (Phi) is 3.90. The van der Waals surface area contributed by atoms with E-state index in [1.54, 1.807) is 13.1 Å². The Hall–Kier alpha value is -1.81. The normalized spacial score (nSPS) is 10.5. The zero-order valence-corrected chi connectivity index (χ0v) is 12.0. The molecule has 0 aliphatic rings. The summed E-state index contributed by atoms with van der Waals surface area (Å²) in [5.41, 5.74) is 3.70. The standard InChI is InChI=1S/C14H16ClN3O/c1-9-4-5-10(2)13(6-9)16-14(19)8-18-7-12(15)11(3)17-18/h4-7H,8H2,1-3H3,(H,16,19). The van der Waals surface area contributed by atoms with Gasteiger partial charge in [-0.2, -0.15) is 5.10 Å². The number of rotatable bonds is 3. The van der Waals surface area contributed by atoms with Gasteiger partial charge >= 0.3 is 0 Å². The molecule has 2 rings (SSSR count). The van der Waals surface area contributed by atoms with Crippen LogP contribution in [0, 0.1) is 20.8 Å². The number of halogens is 1. The summed E-state index contributed by atoms with van der Waals surface area (Å²) in [7, 11) is 0. The van der Waals surface area contributed by atoms with Gasteiger partial charge in [-0.25, -0.2) is 0 Å². The maximum atomic E-state index is 12.0. The molecule has 1 aromatic heterocycles. The van der Waals surface area contributed by atoms with Crippen LogP contribution in [0.5, 0.6) is 0 Å². The van der Waals surface area contributed by atoms with E-state index in [2.05, 4.69) is 10.4 Å². The van der Waals surface area contributed by atoms with Gasteiger partial charge in [0.2, 0.25) is 5.91 Å². The average Bonchev–Trinajstić information content (AvgIpc) is 2.63. The van der Waals surface area contributed by atoms with E-state index < -0.39 is 0 Å². The van der Waals surface area contributed by atoms with E-state index in [0.717, 1.165) is 22.5 Å². The number of hydrogen-bond acceptors (Lipinski definition) is 2. The smallest absolute Gasteiger partial charge is 0.246 e. The minimum absolute atomic E-state index is 0.118. The van der Waals surface area contributed by atoms with E-state index in [1.807, 2.05) is 32.0 Å². The van der Waals surface area contributed by atoms with E-state index in [9.17, 15) is 4.79 Å². The average molecular weight is 278 g/mol. The zero-order chi connectivity index (χ0) is 14.0. The van der Waals surface area contributed by atoms with E-state index in [0.29, 0.717) is 5.02 Å². The SMILES string of the molecule is Cc1ccc(C)c(NC(=O)Cn2cc(Cl)c(C)n2)c1. The monoisotopic (exact) mass is 277 g/mol. The van der Waals surface area contributed by atoms with Crippen LogP contribution >= 0.6 is 11.6 Å². The molecule has 19 heavy (non-hydrogen) atoms. The maximum absolute atomic E-state index is 12.0. The largest absolute Gasteiger partial charge is 0.324 e. The van der Waals surface area contributed by atoms with E-state index >= 15 is 0 Å². The summed E-state index contributed by atoms with van der Waals surface area (Å²) >= 11 is 5.90. The predicted molar refractivity (Wildman–Crippen MR) is 76.5 cm³/mol. The lowest BCUT2D eigenvalue weighted by Crippen LogP contribution is -2.19. The molecule has 0 fully saturated rings. The van der Waals surface area contributed by atoms with Gasteiger partial charge in [0.05, 0.1) is 10.7 Å². The third kappa shape index (κ3) is 3.35. The van der Waals surface area contributed by atoms with Crippen molar-refractivity contribution in [2.45, 2.75) is 27.3 Å². The summed E-state index contributed by atoms with van der Waals surface area (Å²) in [6.07, 6.45) is 1.65. The maximum Gasteiger partial charge on any atom is 0.246 e. The highest BCUT2D eigenvalue weighted by Crippen LogP contribution is 2.16. The van der Waals surface area contributed by atoms with Gasteiger partial charge < -0.3 is 5.32 Å². The summed E-state index contributed by atoms with van der Waals surface area (Å²) in [5, 5.41) is 7.61. The molecule has 0 aliphatic carbocycles. The number of carbonyl (C=O) groups is 1. The van der Waals surface area contributed by atoms with Crippen molar-refractivity contribution in [3.8, 4) is 0 Å². The molecule has 0 atom stereocenters. The van der Waals surface area contributed by atoms with Crippen molar-refractivity contribution in [1.29, 1.82) is 0 Å². The molecule has 0 unspecified atom stereocenters. The number of benzene rings is 1. The molecule has 100 valence electrons. The van der Waals surface area contributed by atoms with Crippen LogP contribution in [0.4, 0.5) is 5.69 Å². The summed E-state index contributed by atoms with van der Waals surface area (Å²) in [5.74, 6) is -0.118. The van der Waals surface area contributed by atoms with Gasteiger partial charge in [0.25, 0.3) is 0 Å². The van der Waals surface area contributed by atoms with Gasteiger partial charge in [0, 0.05) is 11.9 Å². The Morgan fingerprint density at radius 1 is 1.37 bits per heavy atom. The molecule has 0 spiro atoms. The van der Waals surface area contributed by atoms with Gasteiger partial charge in [-0.3, -0.25) is 9.48 Å². The third-order valence-electron chi connectivity index (χ3n) is 2.86. The number of anilines is 1. The third-order valence-corrected chi connectivity index (χ3v) is 3.23. The van der Waals surface area contributed by atoms with Crippen LogP contribution in [0.15, 0.2) is 24.4 Å². The molecule has 0 aliphatic heterocycles. The first-order valence-corrected chi connectivity index (χ1v) is 6.40. The number of aryl methyl sites for hydroxylation is 3. The zero-order valence-electron chi connectivity index (χ0n) is 11.2. The van der Waals surface area contributed by atoms with Crippen molar-refractivity contribution in [1.82, 2.24) is 9.78 Å². The van der Waals surface area contributed by atoms with Gasteiger partial charge in [-0.1, -0.05) is 23.7 Å². The lowest BCUT2D eigenvalue weighted by molar-refractivity contribution is -0.116. The van der Waals surface area contributed by atoms with Gasteiger partial charge in [0.15, 0.2) is 0 Å². The molecule has 1 N–H and O–H groups in total. The van der Waals surface area contributed by atoms with Crippen LogP contribution in [0.1, 0.15) is 16.8 Å². The molecular weight excluding hydrogens is 262 g/mol. The number of aromatic nitrogens is 2. The minimum atomic E-state index is -0.118. The lowest BCUT2D eigenvalue weighted by Gasteiger charge is -2.09. The van der Waals surface area contributed by atoms with Crippen LogP contribution in [0.25, 0.3) is 0 Å². The van der Waals surface area contributed by atoms with Crippen LogP contribution in [-0.4, -0.2) is 15.7 Å². The molecular formula is C14H16ClN3O. The van der Waals surface area contributed by atoms with E-state index in [-0.39, 0.29) is 12.5 Å². The second kappa shape index (κ2) is 5.45. The van der Waals surface area contributed by atoms with Gasteiger partial charge in [-0.15, -0.1) is 0 Å². The van der Waals surface area contributed by atoms with E-state index in [4.69, 9.17) is 11.6 Å². The number of hydrogen-bond donors (Lipinski definition) is 1. The quantitative estimate of drug-likeness (QED) is 0.937. The molecule has 4 nitrogen and oxygen atoms in total. The second-order valence-corrected chi connectivity index (χ2v) is 5.03. The minimum Gasteiger partial charge on any atom is -0.324 e. The van der Waals surface area contributed by atoms with Crippen molar-refractivity contribution in [3.05, 3.63) is 46.2 Å². The van der Waals surface area contributed by atoms with Crippen molar-refractivity contribution in [2.75, 3.05) is 5.32 Å². The highest BCUT2D eigenvalue weighted by atomic mass is 35.5. The summed E-state index contributed by atoms with van der Waals surface area (Å²) in [6.45, 7) is 5.91. The number of carbonyl (C=O) groups excluding carboxylic acids is 1. The fraction of sp³-hybridized carbons (Fsp3) is 0.286. The molecule has 1 heterocycles. The molecule has 0 saturated carbocycles. The summed E-state index contributed by atoms with van der Waals surface area (Å²) in [6, 6.07) is 5.95. The number of nitrogens with one attached hydrogen (secondary N) is 1. The number of nitrogens with zero attached hydrogens (tertiary/aromatic N) is 2. The molecule has 0 bridgehead atoms. The van der Waals surface area contributed by atoms with Crippen LogP contribution < -0.4 is 5.32 Å². The van der Waals surface area contributed by atoms with E-state index in [1.165, 1.54) is 4.68 Å². The van der Waals surface area contributed by atoms with Crippen molar-refractivity contribution >= 4 is 23.2 Å². The van der Waals surface area contributed by atoms with Gasteiger partial charge in [-0.05, 0) is 38.0 Å². The first-order valence-electron chi connectivity index (χ1n) is 6.02. The fourth-order valence-electron chi connectivity index (χ4n) is 1.78. The highest BCUT2D eigenvalue weighted by molar-refractivity contribution is 6.31. The second-order valence-electron chi connectivity index (χ2n) is 4.63. The van der Waals surface area contributed by atoms with Crippen molar-refractivity contribution < 1.29 is 4.79 Å². The fourth-order valence-corrected chi connectivity index (χ4v) is 1.93. The molecule has 1 aromatic carbocycles. The number of amides is 1. The Bertz CT molecular complexity index is 600. The lowest BCUT2D eigenvalue weighted by atomic mass is 10.1. The predicted octanol–water partition coefficient (Wildman–Crippen LogP) is 3.10. The molecule has 1 amide bonds. The summed E-state index contributed by atoms with van der Waals surface area (Å²) < 4.78 is 1.54. The molecule has 0 radical (unpaired) electrons. The van der Waals surface area contributed by atoms with Crippen LogP contribution in [0.3, 0.4) is 0 Å². The van der Waals surface area contributed by atoms with Crippen LogP contribution in [-0.2, 0) is 11.3 Å². The van der Waals surface area contributed by atoms with Crippen molar-refractivity contribution in [2.24, 2.45) is 0 Å². The Morgan fingerprint density at radius 3 is 2.74 bits per heavy atom. The Morgan fingerprint density at radius 2 is 2.11 bits per heavy atom. The first kappa shape index (κ1) is 13.6. The van der Waals surface area contributed by atoms with Crippen molar-refractivity contribution in [3.63, 3.8) is 0 Å².